The maximum atomic E-state index is 5.89. The fourth-order valence-corrected chi connectivity index (χ4v) is 10.6. The third-order valence-corrected chi connectivity index (χ3v) is 12.5. The molecular weight excluding hydrogens is 695 g/mol. The van der Waals surface area contributed by atoms with Gasteiger partial charge in [-0.25, -0.2) is 0 Å². The van der Waals surface area contributed by atoms with Crippen molar-refractivity contribution < 1.29 is 14.2 Å². The highest BCUT2D eigenvalue weighted by molar-refractivity contribution is 6.18. The number of rotatable bonds is 38. The van der Waals surface area contributed by atoms with Crippen LogP contribution in [-0.2, 0) is 14.2 Å². The molecule has 12 unspecified atom stereocenters. The number of halogens is 2. The lowest BCUT2D eigenvalue weighted by atomic mass is 9.81. The zero-order chi connectivity index (χ0) is 40.0. The van der Waals surface area contributed by atoms with E-state index in [2.05, 4.69) is 83.1 Å². The molecule has 0 aliphatic rings. The van der Waals surface area contributed by atoms with Crippen molar-refractivity contribution in [1.82, 2.24) is 0 Å². The fraction of sp³-hybridized carbons (Fsp3) is 1.00. The Morgan fingerprint density at radius 2 is 0.491 bits per heavy atom. The highest BCUT2D eigenvalue weighted by Gasteiger charge is 2.19. The Morgan fingerprint density at radius 3 is 0.717 bits per heavy atom. The first-order valence-corrected chi connectivity index (χ1v) is 24.1. The van der Waals surface area contributed by atoms with Gasteiger partial charge in [-0.1, -0.05) is 83.1 Å². The molecule has 12 atom stereocenters. The van der Waals surface area contributed by atoms with Gasteiger partial charge in [0.2, 0.25) is 0 Å². The van der Waals surface area contributed by atoms with Crippen LogP contribution in [0.3, 0.4) is 0 Å². The summed E-state index contributed by atoms with van der Waals surface area (Å²) in [5.74, 6) is 11.2. The molecule has 3 nitrogen and oxygen atoms in total. The van der Waals surface area contributed by atoms with Gasteiger partial charge in [0.15, 0.2) is 0 Å². The van der Waals surface area contributed by atoms with E-state index in [0.717, 1.165) is 122 Å². The van der Waals surface area contributed by atoms with Gasteiger partial charge in [-0.05, 0) is 187 Å². The second kappa shape index (κ2) is 34.5. The molecule has 0 aromatic carbocycles. The van der Waals surface area contributed by atoms with Crippen molar-refractivity contribution >= 4 is 23.2 Å². The van der Waals surface area contributed by atoms with Gasteiger partial charge >= 0.3 is 0 Å². The SMILES string of the molecule is CC(CCCCl)CC(C)CC(C)CC(C)CC(C)CC(C)CCCOCOCOCCCC(C)CC(C)CC(C)CC(C)CC(C)CC(C)CCCCl. The minimum Gasteiger partial charge on any atom is -0.355 e. The molecule has 0 aliphatic carbocycles. The van der Waals surface area contributed by atoms with Crippen LogP contribution in [0.5, 0.6) is 0 Å². The van der Waals surface area contributed by atoms with Crippen molar-refractivity contribution in [3.63, 3.8) is 0 Å². The van der Waals surface area contributed by atoms with Gasteiger partial charge in [0.25, 0.3) is 0 Å². The molecule has 0 aliphatic heterocycles. The average Bonchev–Trinajstić information content (AvgIpc) is 3.04. The molecule has 0 saturated heterocycles. The average molecular weight is 792 g/mol. The van der Waals surface area contributed by atoms with Crippen LogP contribution in [-0.4, -0.2) is 38.6 Å². The van der Waals surface area contributed by atoms with Gasteiger partial charge in [-0.3, -0.25) is 0 Å². The topological polar surface area (TPSA) is 27.7 Å². The van der Waals surface area contributed by atoms with Gasteiger partial charge in [0.1, 0.15) is 13.6 Å². The Balaban J connectivity index is 3.84. The van der Waals surface area contributed by atoms with Gasteiger partial charge in [0.05, 0.1) is 0 Å². The first-order valence-electron chi connectivity index (χ1n) is 23.0. The molecule has 0 bridgehead atoms. The molecule has 0 aromatic rings. The Hall–Kier alpha value is 0.460. The van der Waals surface area contributed by atoms with Crippen LogP contribution in [0, 0.1) is 71.0 Å². The van der Waals surface area contributed by atoms with Crippen molar-refractivity contribution in [2.45, 2.75) is 199 Å². The predicted octanol–water partition coefficient (Wildman–Crippen LogP) is 16.1. The number of ether oxygens (including phenoxy) is 3. The fourth-order valence-electron chi connectivity index (χ4n) is 10.3. The predicted molar refractivity (Wildman–Crippen MR) is 237 cm³/mol. The van der Waals surface area contributed by atoms with Crippen LogP contribution < -0.4 is 0 Å². The van der Waals surface area contributed by atoms with Crippen molar-refractivity contribution in [1.29, 1.82) is 0 Å². The minimum absolute atomic E-state index is 0.336. The van der Waals surface area contributed by atoms with E-state index in [0.29, 0.717) is 13.6 Å². The van der Waals surface area contributed by atoms with Crippen molar-refractivity contribution in [3.05, 3.63) is 0 Å². The molecule has 0 N–H and O–H groups in total. The zero-order valence-corrected chi connectivity index (χ0v) is 39.4. The smallest absolute Gasteiger partial charge is 0.149 e. The van der Waals surface area contributed by atoms with E-state index in [9.17, 15) is 0 Å². The summed E-state index contributed by atoms with van der Waals surface area (Å²) in [5, 5.41) is 0. The number of hydrogen-bond donors (Lipinski definition) is 0. The van der Waals surface area contributed by atoms with E-state index in [4.69, 9.17) is 37.4 Å². The van der Waals surface area contributed by atoms with Gasteiger partial charge < -0.3 is 14.2 Å². The summed E-state index contributed by atoms with van der Waals surface area (Å²) < 4.78 is 17.1. The lowest BCUT2D eigenvalue weighted by Crippen LogP contribution is -2.13. The Bertz CT molecular complexity index is 720. The summed E-state index contributed by atoms with van der Waals surface area (Å²) in [5.41, 5.74) is 0. The van der Waals surface area contributed by atoms with Crippen LogP contribution in [0.15, 0.2) is 0 Å². The highest BCUT2D eigenvalue weighted by Crippen LogP contribution is 2.31. The molecule has 53 heavy (non-hydrogen) atoms. The summed E-state index contributed by atoms with van der Waals surface area (Å²) in [4.78, 5) is 0. The first kappa shape index (κ1) is 53.5. The Labute approximate surface area is 344 Å². The van der Waals surface area contributed by atoms with Gasteiger partial charge in [0, 0.05) is 25.0 Å². The Morgan fingerprint density at radius 1 is 0.283 bits per heavy atom. The molecule has 0 aromatic heterocycles. The van der Waals surface area contributed by atoms with E-state index < -0.39 is 0 Å². The Kier molecular flexibility index (Phi) is 34.8. The van der Waals surface area contributed by atoms with E-state index in [1.165, 1.54) is 89.9 Å². The van der Waals surface area contributed by atoms with Crippen LogP contribution in [0.4, 0.5) is 0 Å². The summed E-state index contributed by atoms with van der Waals surface area (Å²) in [7, 11) is 0. The maximum Gasteiger partial charge on any atom is 0.149 e. The normalized spacial score (nSPS) is 19.1. The van der Waals surface area contributed by atoms with Crippen LogP contribution in [0.1, 0.15) is 199 Å². The summed E-state index contributed by atoms with van der Waals surface area (Å²) in [6.45, 7) is 31.6. The highest BCUT2D eigenvalue weighted by atomic mass is 35.5. The molecule has 0 amide bonds. The van der Waals surface area contributed by atoms with Crippen molar-refractivity contribution in [2.24, 2.45) is 71.0 Å². The maximum absolute atomic E-state index is 5.89. The van der Waals surface area contributed by atoms with Crippen LogP contribution >= 0.6 is 23.2 Å². The third-order valence-electron chi connectivity index (χ3n) is 12.0. The second-order valence-electron chi connectivity index (χ2n) is 19.8. The molecular formula is C48H96Cl2O3. The first-order chi connectivity index (χ1) is 25.1. The van der Waals surface area contributed by atoms with Gasteiger partial charge in [-0.15, -0.1) is 23.2 Å². The molecule has 0 fully saturated rings. The largest absolute Gasteiger partial charge is 0.355 e. The summed E-state index contributed by atoms with van der Waals surface area (Å²) in [6.07, 6.45) is 23.1. The van der Waals surface area contributed by atoms with Crippen molar-refractivity contribution in [3.8, 4) is 0 Å². The van der Waals surface area contributed by atoms with E-state index >= 15 is 0 Å². The van der Waals surface area contributed by atoms with Crippen LogP contribution in [0.2, 0.25) is 0 Å². The third kappa shape index (κ3) is 34.2. The molecule has 0 heterocycles. The minimum atomic E-state index is 0.336. The molecule has 0 spiro atoms. The second-order valence-corrected chi connectivity index (χ2v) is 20.6. The summed E-state index contributed by atoms with van der Waals surface area (Å²) >= 11 is 11.8. The standard InChI is InChI=1S/C48H96Cl2O3/c1-37(17-13-21-49)25-41(5)29-45(9)33-47(11)31-43(7)27-39(3)19-15-23-51-35-53-36-52-24-16-20-40(4)28-44(8)32-48(12)34-46(10)30-42(6)26-38(2)18-14-22-50/h37-48H,13-36H2,1-12H3. The molecule has 0 rings (SSSR count). The van der Waals surface area contributed by atoms with E-state index in [1.807, 2.05) is 0 Å². The van der Waals surface area contributed by atoms with Gasteiger partial charge in [-0.2, -0.15) is 0 Å². The quantitative estimate of drug-likeness (QED) is 0.0354. The molecule has 0 radical (unpaired) electrons. The summed E-state index contributed by atoms with van der Waals surface area (Å²) in [6, 6.07) is 0. The van der Waals surface area contributed by atoms with Crippen LogP contribution in [0.25, 0.3) is 0 Å². The van der Waals surface area contributed by atoms with E-state index in [1.54, 1.807) is 0 Å². The number of alkyl halides is 2. The molecule has 0 saturated carbocycles. The number of hydrogen-bond acceptors (Lipinski definition) is 3. The monoisotopic (exact) mass is 791 g/mol. The van der Waals surface area contributed by atoms with E-state index in [-0.39, 0.29) is 0 Å². The lowest BCUT2D eigenvalue weighted by molar-refractivity contribution is -0.132. The van der Waals surface area contributed by atoms with Crippen molar-refractivity contribution in [2.75, 3.05) is 38.6 Å². The molecule has 320 valence electrons. The lowest BCUT2D eigenvalue weighted by Gasteiger charge is -2.25. The molecule has 5 heteroatoms. The zero-order valence-electron chi connectivity index (χ0n) is 37.9.